The smallest absolute Gasteiger partial charge is 0.328 e. The van der Waals surface area contributed by atoms with Gasteiger partial charge in [-0.25, -0.2) is 9.63 Å². The summed E-state index contributed by atoms with van der Waals surface area (Å²) in [5.41, 5.74) is 0.604. The number of nitrogens with one attached hydrogen (secondary N) is 1. The minimum Gasteiger partial charge on any atom is -0.478 e. The van der Waals surface area contributed by atoms with Crippen molar-refractivity contribution in [3.8, 4) is 0 Å². The standard InChI is InChI=1S/C13H12N2O4S/c16-13(17)8-5-11-3-6-12(7-4-11)20(18,19)14-15-9-1-2-10-15/h1-10,14H,(H,16,17). The number of hydrogen-bond acceptors (Lipinski definition) is 3. The van der Waals surface area contributed by atoms with E-state index in [1.165, 1.54) is 35.0 Å². The lowest BCUT2D eigenvalue weighted by Gasteiger charge is -2.08. The maximum Gasteiger partial charge on any atom is 0.328 e. The van der Waals surface area contributed by atoms with E-state index < -0.39 is 16.0 Å². The summed E-state index contributed by atoms with van der Waals surface area (Å²) in [5.74, 6) is -1.06. The molecule has 1 aromatic carbocycles. The third kappa shape index (κ3) is 3.48. The Labute approximate surface area is 116 Å². The first-order valence-electron chi connectivity index (χ1n) is 5.64. The number of carboxylic acid groups (broad SMARTS) is 1. The number of carbonyl (C=O) groups is 1. The van der Waals surface area contributed by atoms with E-state index in [1.54, 1.807) is 24.5 Å². The number of benzene rings is 1. The summed E-state index contributed by atoms with van der Waals surface area (Å²) in [6.07, 6.45) is 5.52. The lowest BCUT2D eigenvalue weighted by atomic mass is 10.2. The predicted octanol–water partition coefficient (Wildman–Crippen LogP) is 1.52. The number of sulfonamides is 1. The van der Waals surface area contributed by atoms with E-state index in [9.17, 15) is 13.2 Å². The summed E-state index contributed by atoms with van der Waals surface area (Å²) < 4.78 is 25.4. The molecule has 0 unspecified atom stereocenters. The Morgan fingerprint density at radius 2 is 1.75 bits per heavy atom. The number of nitrogens with zero attached hydrogens (tertiary/aromatic N) is 1. The predicted molar refractivity (Wildman–Crippen MR) is 74.1 cm³/mol. The van der Waals surface area contributed by atoms with E-state index >= 15 is 0 Å². The normalized spacial score (nSPS) is 11.6. The maximum atomic E-state index is 12.0. The van der Waals surface area contributed by atoms with Crippen LogP contribution in [0.1, 0.15) is 5.56 Å². The minimum atomic E-state index is -3.66. The molecule has 0 amide bonds. The fraction of sp³-hybridized carbons (Fsp3) is 0. The molecular formula is C13H12N2O4S. The zero-order valence-electron chi connectivity index (χ0n) is 10.3. The summed E-state index contributed by atoms with van der Waals surface area (Å²) in [5, 5.41) is 8.51. The zero-order valence-corrected chi connectivity index (χ0v) is 11.1. The number of rotatable bonds is 5. The van der Waals surface area contributed by atoms with Gasteiger partial charge in [0, 0.05) is 18.5 Å². The van der Waals surface area contributed by atoms with Crippen LogP contribution in [0.5, 0.6) is 0 Å². The van der Waals surface area contributed by atoms with Crippen molar-refractivity contribution in [2.45, 2.75) is 4.90 Å². The van der Waals surface area contributed by atoms with E-state index in [1.807, 2.05) is 0 Å². The molecule has 0 saturated carbocycles. The van der Waals surface area contributed by atoms with Crippen molar-refractivity contribution < 1.29 is 18.3 Å². The molecule has 6 nitrogen and oxygen atoms in total. The Balaban J connectivity index is 2.19. The van der Waals surface area contributed by atoms with Gasteiger partial charge in [0.1, 0.15) is 0 Å². The van der Waals surface area contributed by atoms with Gasteiger partial charge in [-0.3, -0.25) is 4.68 Å². The van der Waals surface area contributed by atoms with Gasteiger partial charge in [0.2, 0.25) is 0 Å². The van der Waals surface area contributed by atoms with Crippen LogP contribution >= 0.6 is 0 Å². The van der Waals surface area contributed by atoms with Crippen LogP contribution < -0.4 is 4.83 Å². The van der Waals surface area contributed by atoms with E-state index in [4.69, 9.17) is 5.11 Å². The molecule has 7 heteroatoms. The zero-order chi connectivity index (χ0) is 14.6. The van der Waals surface area contributed by atoms with Gasteiger partial charge in [0.05, 0.1) is 4.90 Å². The van der Waals surface area contributed by atoms with Crippen molar-refractivity contribution in [3.63, 3.8) is 0 Å². The van der Waals surface area contributed by atoms with Gasteiger partial charge in [-0.1, -0.05) is 12.1 Å². The van der Waals surface area contributed by atoms with E-state index in [2.05, 4.69) is 4.83 Å². The molecule has 0 aliphatic rings. The molecule has 0 aliphatic heterocycles. The Bertz CT molecular complexity index is 716. The fourth-order valence-electron chi connectivity index (χ4n) is 1.51. The molecular weight excluding hydrogens is 280 g/mol. The molecule has 0 saturated heterocycles. The average Bonchev–Trinajstić information content (AvgIpc) is 2.89. The molecule has 0 fully saturated rings. The largest absolute Gasteiger partial charge is 0.478 e. The first kappa shape index (κ1) is 13.9. The lowest BCUT2D eigenvalue weighted by molar-refractivity contribution is -0.131. The van der Waals surface area contributed by atoms with Crippen molar-refractivity contribution >= 4 is 22.1 Å². The van der Waals surface area contributed by atoms with Crippen LogP contribution in [0, 0.1) is 0 Å². The Kier molecular flexibility index (Phi) is 3.90. The summed E-state index contributed by atoms with van der Waals surface area (Å²) in [4.78, 5) is 12.8. The Morgan fingerprint density at radius 1 is 1.15 bits per heavy atom. The van der Waals surface area contributed by atoms with Gasteiger partial charge in [-0.15, -0.1) is 0 Å². The molecule has 0 aliphatic carbocycles. The molecule has 2 aromatic rings. The van der Waals surface area contributed by atoms with Crippen LogP contribution in [-0.2, 0) is 14.8 Å². The maximum absolute atomic E-state index is 12.0. The van der Waals surface area contributed by atoms with Crippen molar-refractivity contribution in [1.29, 1.82) is 0 Å². The number of aliphatic carboxylic acids is 1. The molecule has 2 rings (SSSR count). The first-order chi connectivity index (χ1) is 9.47. The number of hydrogen-bond donors (Lipinski definition) is 2. The molecule has 1 heterocycles. The second-order valence-corrected chi connectivity index (χ2v) is 5.59. The summed E-state index contributed by atoms with van der Waals surface area (Å²) in [6, 6.07) is 9.28. The molecule has 20 heavy (non-hydrogen) atoms. The SMILES string of the molecule is O=C(O)C=Cc1ccc(S(=O)(=O)Nn2cccc2)cc1. The minimum absolute atomic E-state index is 0.0960. The van der Waals surface area contributed by atoms with Crippen LogP contribution in [0.25, 0.3) is 6.08 Å². The average molecular weight is 292 g/mol. The van der Waals surface area contributed by atoms with Crippen LogP contribution in [0.4, 0.5) is 0 Å². The molecule has 0 bridgehead atoms. The lowest BCUT2D eigenvalue weighted by Crippen LogP contribution is -2.21. The van der Waals surface area contributed by atoms with E-state index in [-0.39, 0.29) is 4.90 Å². The highest BCUT2D eigenvalue weighted by atomic mass is 32.2. The topological polar surface area (TPSA) is 88.4 Å². The highest BCUT2D eigenvalue weighted by Crippen LogP contribution is 2.12. The van der Waals surface area contributed by atoms with Crippen LogP contribution in [-0.4, -0.2) is 24.2 Å². The van der Waals surface area contributed by atoms with Gasteiger partial charge in [0.25, 0.3) is 10.0 Å². The van der Waals surface area contributed by atoms with Crippen LogP contribution in [0.15, 0.2) is 59.8 Å². The van der Waals surface area contributed by atoms with Crippen LogP contribution in [0.3, 0.4) is 0 Å². The number of aromatic nitrogens is 1. The second kappa shape index (κ2) is 5.62. The molecule has 0 atom stereocenters. The summed E-state index contributed by atoms with van der Waals surface area (Å²) in [6.45, 7) is 0. The van der Waals surface area contributed by atoms with Gasteiger partial charge in [-0.2, -0.15) is 8.42 Å². The number of carboxylic acids is 1. The monoisotopic (exact) mass is 292 g/mol. The molecule has 2 N–H and O–H groups in total. The molecule has 1 aromatic heterocycles. The van der Waals surface area contributed by atoms with Crippen LogP contribution in [0.2, 0.25) is 0 Å². The van der Waals surface area contributed by atoms with E-state index in [0.717, 1.165) is 6.08 Å². The Morgan fingerprint density at radius 3 is 2.30 bits per heavy atom. The molecule has 0 spiro atoms. The van der Waals surface area contributed by atoms with Crippen molar-refractivity contribution in [2.75, 3.05) is 4.83 Å². The highest BCUT2D eigenvalue weighted by Gasteiger charge is 2.13. The van der Waals surface area contributed by atoms with Gasteiger partial charge in [-0.05, 0) is 35.9 Å². The van der Waals surface area contributed by atoms with Crippen molar-refractivity contribution in [2.24, 2.45) is 0 Å². The summed E-state index contributed by atoms with van der Waals surface area (Å²) in [7, 11) is -3.66. The molecule has 0 radical (unpaired) electrons. The van der Waals surface area contributed by atoms with Gasteiger partial charge < -0.3 is 5.11 Å². The quantitative estimate of drug-likeness (QED) is 0.818. The second-order valence-electron chi connectivity index (χ2n) is 3.93. The van der Waals surface area contributed by atoms with Gasteiger partial charge in [0.15, 0.2) is 0 Å². The first-order valence-corrected chi connectivity index (χ1v) is 7.12. The van der Waals surface area contributed by atoms with Crippen molar-refractivity contribution in [3.05, 3.63) is 60.4 Å². The third-order valence-corrected chi connectivity index (χ3v) is 3.78. The molecule has 104 valence electrons. The summed E-state index contributed by atoms with van der Waals surface area (Å²) >= 11 is 0. The van der Waals surface area contributed by atoms with Crippen molar-refractivity contribution in [1.82, 2.24) is 4.68 Å². The van der Waals surface area contributed by atoms with E-state index in [0.29, 0.717) is 5.56 Å². The third-order valence-electron chi connectivity index (χ3n) is 2.44. The highest BCUT2D eigenvalue weighted by molar-refractivity contribution is 7.92. The fourth-order valence-corrected chi connectivity index (χ4v) is 2.51. The Hall–Kier alpha value is -2.54. The van der Waals surface area contributed by atoms with Gasteiger partial charge >= 0.3 is 5.97 Å².